The van der Waals surface area contributed by atoms with Crippen LogP contribution in [0.15, 0.2) is 18.2 Å². The molecule has 0 saturated carbocycles. The fourth-order valence-corrected chi connectivity index (χ4v) is 1.46. The maximum atomic E-state index is 12.6. The largest absolute Gasteiger partial charge is 0.416 e. The van der Waals surface area contributed by atoms with Crippen molar-refractivity contribution in [2.45, 2.75) is 31.6 Å². The van der Waals surface area contributed by atoms with Gasteiger partial charge in [0.2, 0.25) is 0 Å². The average Bonchev–Trinajstić information content (AvgIpc) is 2.26. The molecule has 19 heavy (non-hydrogen) atoms. The maximum Gasteiger partial charge on any atom is 0.416 e. The predicted molar refractivity (Wildman–Crippen MR) is 58.5 cm³/mol. The van der Waals surface area contributed by atoms with Crippen LogP contribution in [0.4, 0.5) is 26.3 Å². The van der Waals surface area contributed by atoms with E-state index in [1.54, 1.807) is 0 Å². The van der Waals surface area contributed by atoms with Gasteiger partial charge in [-0.3, -0.25) is 0 Å². The van der Waals surface area contributed by atoms with Crippen molar-refractivity contribution in [2.75, 3.05) is 6.54 Å². The van der Waals surface area contributed by atoms with Crippen LogP contribution in [0.2, 0.25) is 0 Å². The van der Waals surface area contributed by atoms with Crippen molar-refractivity contribution < 1.29 is 26.3 Å². The first kappa shape index (κ1) is 15.8. The molecule has 0 amide bonds. The Bertz CT molecular complexity index is 426. The Morgan fingerprint density at radius 3 is 1.37 bits per heavy atom. The third-order valence-electron chi connectivity index (χ3n) is 2.88. The normalized spacial score (nSPS) is 13.7. The second-order valence-corrected chi connectivity index (χ2v) is 4.88. The second kappa shape index (κ2) is 4.70. The molecule has 0 saturated heterocycles. The first-order chi connectivity index (χ1) is 8.38. The van der Waals surface area contributed by atoms with Crippen molar-refractivity contribution in [2.24, 2.45) is 5.73 Å². The first-order valence-corrected chi connectivity index (χ1v) is 5.38. The smallest absolute Gasteiger partial charge is 0.330 e. The molecule has 0 bridgehead atoms. The highest BCUT2D eigenvalue weighted by Crippen LogP contribution is 2.38. The van der Waals surface area contributed by atoms with Crippen LogP contribution in [-0.4, -0.2) is 6.54 Å². The molecule has 2 N–H and O–H groups in total. The summed E-state index contributed by atoms with van der Waals surface area (Å²) in [7, 11) is 0. The Kier molecular flexibility index (Phi) is 3.91. The van der Waals surface area contributed by atoms with Crippen molar-refractivity contribution in [3.05, 3.63) is 34.9 Å². The molecule has 0 atom stereocenters. The zero-order valence-corrected chi connectivity index (χ0v) is 10.3. The van der Waals surface area contributed by atoms with E-state index in [2.05, 4.69) is 0 Å². The molecule has 0 unspecified atom stereocenters. The van der Waals surface area contributed by atoms with E-state index >= 15 is 0 Å². The fraction of sp³-hybridized carbons (Fsp3) is 0.500. The van der Waals surface area contributed by atoms with Gasteiger partial charge in [0.1, 0.15) is 0 Å². The summed E-state index contributed by atoms with van der Waals surface area (Å²) in [5, 5.41) is 0. The second-order valence-electron chi connectivity index (χ2n) is 4.88. The van der Waals surface area contributed by atoms with E-state index in [-0.39, 0.29) is 18.2 Å². The molecule has 1 rings (SSSR count). The van der Waals surface area contributed by atoms with E-state index in [1.165, 1.54) is 13.8 Å². The molecule has 0 spiro atoms. The van der Waals surface area contributed by atoms with Crippen LogP contribution < -0.4 is 5.73 Å². The van der Waals surface area contributed by atoms with Gasteiger partial charge in [0, 0.05) is 12.0 Å². The molecule has 0 heterocycles. The lowest BCUT2D eigenvalue weighted by molar-refractivity contribution is -0.143. The topological polar surface area (TPSA) is 26.0 Å². The summed E-state index contributed by atoms with van der Waals surface area (Å²) in [5.41, 5.74) is 1.70. The first-order valence-electron chi connectivity index (χ1n) is 5.38. The van der Waals surface area contributed by atoms with Gasteiger partial charge in [0.05, 0.1) is 11.1 Å². The molecule has 0 radical (unpaired) electrons. The third-order valence-corrected chi connectivity index (χ3v) is 2.88. The lowest BCUT2D eigenvalue weighted by Gasteiger charge is -2.25. The van der Waals surface area contributed by atoms with Gasteiger partial charge in [-0.15, -0.1) is 0 Å². The molecule has 0 aliphatic carbocycles. The quantitative estimate of drug-likeness (QED) is 0.818. The van der Waals surface area contributed by atoms with Crippen molar-refractivity contribution in [1.82, 2.24) is 0 Å². The van der Waals surface area contributed by atoms with Crippen LogP contribution in [-0.2, 0) is 17.8 Å². The zero-order valence-electron chi connectivity index (χ0n) is 10.3. The van der Waals surface area contributed by atoms with E-state index in [1.807, 2.05) is 0 Å². The summed E-state index contributed by atoms with van der Waals surface area (Å²) < 4.78 is 75.8. The van der Waals surface area contributed by atoms with Crippen LogP contribution >= 0.6 is 0 Å². The highest BCUT2D eigenvalue weighted by Gasteiger charge is 2.38. The van der Waals surface area contributed by atoms with E-state index < -0.39 is 28.9 Å². The number of alkyl halides is 6. The maximum absolute atomic E-state index is 12.6. The van der Waals surface area contributed by atoms with Gasteiger partial charge in [0.15, 0.2) is 0 Å². The summed E-state index contributed by atoms with van der Waals surface area (Å²) >= 11 is 0. The minimum atomic E-state index is -4.83. The van der Waals surface area contributed by atoms with Gasteiger partial charge in [-0.25, -0.2) is 0 Å². The van der Waals surface area contributed by atoms with E-state index in [9.17, 15) is 26.3 Å². The lowest BCUT2D eigenvalue weighted by atomic mass is 9.83. The number of rotatable bonds is 2. The van der Waals surface area contributed by atoms with Gasteiger partial charge < -0.3 is 5.73 Å². The Morgan fingerprint density at radius 1 is 0.789 bits per heavy atom. The molecule has 1 aromatic carbocycles. The summed E-state index contributed by atoms with van der Waals surface area (Å²) in [6.45, 7) is 2.91. The van der Waals surface area contributed by atoms with Gasteiger partial charge in [-0.1, -0.05) is 13.8 Å². The molecule has 1 aromatic rings. The number of benzene rings is 1. The predicted octanol–water partition coefficient (Wildman–Crippen LogP) is 3.96. The molecule has 108 valence electrons. The molecular formula is C12H13F6N. The Labute approximate surface area is 106 Å². The summed E-state index contributed by atoms with van der Waals surface area (Å²) in [6, 6.07) is 1.53. The minimum absolute atomic E-state index is 0.0639. The van der Waals surface area contributed by atoms with Crippen LogP contribution in [0, 0.1) is 0 Å². The van der Waals surface area contributed by atoms with E-state index in [4.69, 9.17) is 5.73 Å². The van der Waals surface area contributed by atoms with Gasteiger partial charge >= 0.3 is 12.4 Å². The molecular weight excluding hydrogens is 272 g/mol. The van der Waals surface area contributed by atoms with E-state index in [0.717, 1.165) is 0 Å². The third kappa shape index (κ3) is 3.62. The van der Waals surface area contributed by atoms with Gasteiger partial charge in [-0.2, -0.15) is 26.3 Å². The molecule has 0 aliphatic rings. The monoisotopic (exact) mass is 285 g/mol. The molecule has 0 aromatic heterocycles. The van der Waals surface area contributed by atoms with Crippen molar-refractivity contribution in [3.8, 4) is 0 Å². The highest BCUT2D eigenvalue weighted by molar-refractivity contribution is 5.37. The van der Waals surface area contributed by atoms with Crippen LogP contribution in [0.3, 0.4) is 0 Å². The SMILES string of the molecule is CC(C)(CN)c1cc(C(F)(F)F)cc(C(F)(F)F)c1. The standard InChI is InChI=1S/C12H13F6N/c1-10(2,6-19)7-3-8(11(13,14)15)5-9(4-7)12(16,17)18/h3-5H,6,19H2,1-2H3. The van der Waals surface area contributed by atoms with Crippen molar-refractivity contribution in [3.63, 3.8) is 0 Å². The fourth-order valence-electron chi connectivity index (χ4n) is 1.46. The summed E-state index contributed by atoms with van der Waals surface area (Å²) in [5.74, 6) is 0. The van der Waals surface area contributed by atoms with Crippen molar-refractivity contribution in [1.29, 1.82) is 0 Å². The molecule has 0 aliphatic heterocycles. The van der Waals surface area contributed by atoms with Crippen molar-refractivity contribution >= 4 is 0 Å². The number of halogens is 6. The average molecular weight is 285 g/mol. The number of hydrogen-bond acceptors (Lipinski definition) is 1. The highest BCUT2D eigenvalue weighted by atomic mass is 19.4. The van der Waals surface area contributed by atoms with Crippen LogP contribution in [0.5, 0.6) is 0 Å². The zero-order chi connectivity index (χ0) is 15.1. The number of nitrogens with two attached hydrogens (primary N) is 1. The summed E-state index contributed by atoms with van der Waals surface area (Å²) in [4.78, 5) is 0. The molecule has 7 heteroatoms. The van der Waals surface area contributed by atoms with Gasteiger partial charge in [0.25, 0.3) is 0 Å². The van der Waals surface area contributed by atoms with Crippen LogP contribution in [0.25, 0.3) is 0 Å². The number of hydrogen-bond donors (Lipinski definition) is 1. The minimum Gasteiger partial charge on any atom is -0.330 e. The van der Waals surface area contributed by atoms with Gasteiger partial charge in [-0.05, 0) is 23.8 Å². The Hall–Kier alpha value is -1.24. The Balaban J connectivity index is 3.51. The van der Waals surface area contributed by atoms with E-state index in [0.29, 0.717) is 12.1 Å². The molecule has 0 fully saturated rings. The van der Waals surface area contributed by atoms with Crippen LogP contribution in [0.1, 0.15) is 30.5 Å². The molecule has 1 nitrogen and oxygen atoms in total. The lowest BCUT2D eigenvalue weighted by Crippen LogP contribution is -2.29. The summed E-state index contributed by atoms with van der Waals surface area (Å²) in [6.07, 6.45) is -9.67. The Morgan fingerprint density at radius 2 is 1.11 bits per heavy atom.